The fraction of sp³-hybridized carbons (Fsp3) is 0.174. The van der Waals surface area contributed by atoms with E-state index < -0.39 is 16.1 Å². The second kappa shape index (κ2) is 9.10. The van der Waals surface area contributed by atoms with E-state index in [0.29, 0.717) is 40.8 Å². The third kappa shape index (κ3) is 4.66. The number of urea groups is 1. The molecular formula is C23H22ClN3O4S. The second-order valence-corrected chi connectivity index (χ2v) is 9.58. The van der Waals surface area contributed by atoms with Crippen LogP contribution in [0, 0.1) is 0 Å². The molecule has 1 aliphatic heterocycles. The average Bonchev–Trinajstić information content (AvgIpc) is 2.80. The molecule has 1 heterocycles. The number of methoxy groups -OCH3 is 1. The Morgan fingerprint density at radius 2 is 1.62 bits per heavy atom. The molecule has 0 bridgehead atoms. The number of hydrogen-bond donors (Lipinski definition) is 2. The maximum atomic E-state index is 13.2. The van der Waals surface area contributed by atoms with E-state index in [-0.39, 0.29) is 4.90 Å². The highest BCUT2D eigenvalue weighted by molar-refractivity contribution is 7.92. The van der Waals surface area contributed by atoms with Crippen molar-refractivity contribution in [3.05, 3.63) is 77.3 Å². The van der Waals surface area contributed by atoms with Crippen molar-refractivity contribution in [2.75, 3.05) is 28.6 Å². The molecule has 9 heteroatoms. The first-order chi connectivity index (χ1) is 15.4. The number of aryl methyl sites for hydroxylation is 1. The molecule has 0 aliphatic carbocycles. The van der Waals surface area contributed by atoms with E-state index in [1.54, 1.807) is 60.7 Å². The first-order valence-electron chi connectivity index (χ1n) is 10.00. The summed E-state index contributed by atoms with van der Waals surface area (Å²) in [5.74, 6) is 0.593. The molecule has 2 N–H and O–H groups in total. The van der Waals surface area contributed by atoms with Crippen molar-refractivity contribution in [1.29, 1.82) is 0 Å². The van der Waals surface area contributed by atoms with Gasteiger partial charge in [0.2, 0.25) is 0 Å². The van der Waals surface area contributed by atoms with Crippen LogP contribution in [0.15, 0.2) is 71.6 Å². The number of anilines is 3. The molecule has 0 saturated heterocycles. The van der Waals surface area contributed by atoms with Gasteiger partial charge in [0.05, 0.1) is 17.7 Å². The summed E-state index contributed by atoms with van der Waals surface area (Å²) in [5.41, 5.74) is 2.67. The smallest absolute Gasteiger partial charge is 0.323 e. The Morgan fingerprint density at radius 3 is 2.31 bits per heavy atom. The molecule has 0 atom stereocenters. The van der Waals surface area contributed by atoms with Crippen LogP contribution in [0.2, 0.25) is 5.02 Å². The number of ether oxygens (including phenoxy) is 1. The van der Waals surface area contributed by atoms with Gasteiger partial charge < -0.3 is 15.4 Å². The van der Waals surface area contributed by atoms with Gasteiger partial charge in [-0.2, -0.15) is 0 Å². The normalized spacial score (nSPS) is 13.2. The second-order valence-electron chi connectivity index (χ2n) is 7.29. The van der Waals surface area contributed by atoms with E-state index in [2.05, 4.69) is 10.6 Å². The lowest BCUT2D eigenvalue weighted by atomic mass is 10.0. The molecule has 3 aromatic carbocycles. The quantitative estimate of drug-likeness (QED) is 0.539. The Morgan fingerprint density at radius 1 is 0.969 bits per heavy atom. The van der Waals surface area contributed by atoms with Gasteiger partial charge in [0, 0.05) is 22.9 Å². The first kappa shape index (κ1) is 22.0. The number of fused-ring (bicyclic) bond motifs is 1. The van der Waals surface area contributed by atoms with Gasteiger partial charge in [-0.3, -0.25) is 4.31 Å². The maximum absolute atomic E-state index is 13.2. The molecule has 3 aromatic rings. The van der Waals surface area contributed by atoms with Crippen LogP contribution in [0.1, 0.15) is 12.0 Å². The molecule has 0 fully saturated rings. The van der Waals surface area contributed by atoms with Gasteiger partial charge in [-0.05, 0) is 85.1 Å². The van der Waals surface area contributed by atoms with E-state index in [0.717, 1.165) is 12.0 Å². The van der Waals surface area contributed by atoms with Crippen LogP contribution in [0.25, 0.3) is 0 Å². The van der Waals surface area contributed by atoms with Crippen molar-refractivity contribution in [3.63, 3.8) is 0 Å². The Labute approximate surface area is 192 Å². The highest BCUT2D eigenvalue weighted by Crippen LogP contribution is 2.34. The van der Waals surface area contributed by atoms with Gasteiger partial charge in [-0.1, -0.05) is 11.6 Å². The van der Waals surface area contributed by atoms with Crippen molar-refractivity contribution < 1.29 is 17.9 Å². The molecule has 1 aliphatic rings. The molecule has 0 spiro atoms. The lowest BCUT2D eigenvalue weighted by molar-refractivity contribution is 0.262. The summed E-state index contributed by atoms with van der Waals surface area (Å²) in [6.07, 6.45) is 1.40. The van der Waals surface area contributed by atoms with Crippen molar-refractivity contribution >= 4 is 44.7 Å². The molecule has 0 saturated carbocycles. The van der Waals surface area contributed by atoms with Gasteiger partial charge in [0.1, 0.15) is 5.75 Å². The minimum absolute atomic E-state index is 0.204. The monoisotopic (exact) mass is 471 g/mol. The number of carbonyl (C=O) groups excluding carboxylic acids is 1. The molecule has 7 nitrogen and oxygen atoms in total. The predicted octanol–water partition coefficient (Wildman–Crippen LogP) is 5.13. The Bertz CT molecular complexity index is 1230. The summed E-state index contributed by atoms with van der Waals surface area (Å²) in [5, 5.41) is 6.11. The molecular weight excluding hydrogens is 450 g/mol. The van der Waals surface area contributed by atoms with Gasteiger partial charge in [-0.15, -0.1) is 0 Å². The van der Waals surface area contributed by atoms with Gasteiger partial charge in [-0.25, -0.2) is 13.2 Å². The van der Waals surface area contributed by atoms with Crippen LogP contribution in [0.3, 0.4) is 0 Å². The molecule has 32 heavy (non-hydrogen) atoms. The fourth-order valence-electron chi connectivity index (χ4n) is 3.59. The van der Waals surface area contributed by atoms with Crippen LogP contribution in [0.4, 0.5) is 21.9 Å². The molecule has 166 valence electrons. The van der Waals surface area contributed by atoms with Crippen LogP contribution in [-0.2, 0) is 16.4 Å². The van der Waals surface area contributed by atoms with E-state index in [9.17, 15) is 13.2 Å². The number of benzene rings is 3. The first-order valence-corrected chi connectivity index (χ1v) is 11.8. The van der Waals surface area contributed by atoms with Crippen molar-refractivity contribution in [2.24, 2.45) is 0 Å². The van der Waals surface area contributed by atoms with Crippen molar-refractivity contribution in [3.8, 4) is 5.75 Å². The van der Waals surface area contributed by atoms with Crippen molar-refractivity contribution in [1.82, 2.24) is 0 Å². The molecule has 0 aromatic heterocycles. The lowest BCUT2D eigenvalue weighted by Gasteiger charge is -2.31. The summed E-state index contributed by atoms with van der Waals surface area (Å²) in [6.45, 7) is 0.394. The summed E-state index contributed by atoms with van der Waals surface area (Å²) < 4.78 is 33.0. The third-order valence-corrected chi connectivity index (χ3v) is 7.24. The molecule has 0 unspecified atom stereocenters. The zero-order chi connectivity index (χ0) is 22.7. The van der Waals surface area contributed by atoms with E-state index in [1.165, 1.54) is 11.4 Å². The van der Waals surface area contributed by atoms with Gasteiger partial charge >= 0.3 is 6.03 Å². The third-order valence-electron chi connectivity index (χ3n) is 5.16. The summed E-state index contributed by atoms with van der Waals surface area (Å²) in [4.78, 5) is 12.5. The number of hydrogen-bond acceptors (Lipinski definition) is 4. The van der Waals surface area contributed by atoms with Gasteiger partial charge in [0.15, 0.2) is 0 Å². The van der Waals surface area contributed by atoms with Crippen LogP contribution in [-0.4, -0.2) is 28.1 Å². The molecule has 0 radical (unpaired) electrons. The highest BCUT2D eigenvalue weighted by Gasteiger charge is 2.29. The maximum Gasteiger partial charge on any atom is 0.323 e. The zero-order valence-corrected chi connectivity index (χ0v) is 18.9. The number of nitrogens with one attached hydrogen (secondary N) is 2. The van der Waals surface area contributed by atoms with Crippen molar-refractivity contribution in [2.45, 2.75) is 17.7 Å². The molecule has 4 rings (SSSR count). The van der Waals surface area contributed by atoms with E-state index in [1.807, 2.05) is 6.07 Å². The summed E-state index contributed by atoms with van der Waals surface area (Å²) in [6, 6.07) is 18.0. The Balaban J connectivity index is 1.53. The number of rotatable bonds is 5. The minimum atomic E-state index is -3.71. The predicted molar refractivity (Wildman–Crippen MR) is 126 cm³/mol. The number of halogens is 1. The average molecular weight is 472 g/mol. The van der Waals surface area contributed by atoms with Gasteiger partial charge in [0.25, 0.3) is 10.0 Å². The number of nitrogens with zero attached hydrogens (tertiary/aromatic N) is 1. The van der Waals surface area contributed by atoms with E-state index in [4.69, 9.17) is 16.3 Å². The standard InChI is InChI=1S/C23H22ClN3O4S/c1-31-20-9-11-21(12-10-20)32(29,30)27-14-2-3-16-15-19(8-13-22(16)27)26-23(28)25-18-6-4-17(24)5-7-18/h4-13,15H,2-3,14H2,1H3,(H2,25,26,28). The number of amides is 2. The van der Waals surface area contributed by atoms with Crippen LogP contribution in [0.5, 0.6) is 5.75 Å². The molecule has 2 amide bonds. The lowest BCUT2D eigenvalue weighted by Crippen LogP contribution is -2.35. The Kier molecular flexibility index (Phi) is 6.25. The summed E-state index contributed by atoms with van der Waals surface area (Å²) >= 11 is 5.86. The number of carbonyl (C=O) groups is 1. The topological polar surface area (TPSA) is 87.7 Å². The fourth-order valence-corrected chi connectivity index (χ4v) is 5.26. The summed E-state index contributed by atoms with van der Waals surface area (Å²) in [7, 11) is -2.18. The zero-order valence-electron chi connectivity index (χ0n) is 17.3. The van der Waals surface area contributed by atoms with Crippen LogP contribution >= 0.6 is 11.6 Å². The van der Waals surface area contributed by atoms with E-state index >= 15 is 0 Å². The minimum Gasteiger partial charge on any atom is -0.497 e. The largest absolute Gasteiger partial charge is 0.497 e. The van der Waals surface area contributed by atoms with Crippen LogP contribution < -0.4 is 19.7 Å². The number of sulfonamides is 1. The Hall–Kier alpha value is -3.23. The SMILES string of the molecule is COc1ccc(S(=O)(=O)N2CCCc3cc(NC(=O)Nc4ccc(Cl)cc4)ccc32)cc1. The highest BCUT2D eigenvalue weighted by atomic mass is 35.5.